The Morgan fingerprint density at radius 2 is 2.38 bits per heavy atom. The zero-order valence-corrected chi connectivity index (χ0v) is 10.9. The molecule has 0 radical (unpaired) electrons. The van der Waals surface area contributed by atoms with Crippen LogP contribution in [0, 0.1) is 5.92 Å². The van der Waals surface area contributed by atoms with Crippen molar-refractivity contribution in [1.82, 2.24) is 9.88 Å². The number of hydrogen-bond acceptors (Lipinski definition) is 2. The lowest BCUT2D eigenvalue weighted by Crippen LogP contribution is -2.39. The second-order valence-corrected chi connectivity index (χ2v) is 5.45. The summed E-state index contributed by atoms with van der Waals surface area (Å²) in [6.45, 7) is 5.21. The number of piperidine rings is 1. The van der Waals surface area contributed by atoms with Gasteiger partial charge in [-0.1, -0.05) is 18.5 Å². The Balaban J connectivity index is 1.98. The highest BCUT2D eigenvalue weighted by Crippen LogP contribution is 2.24. The summed E-state index contributed by atoms with van der Waals surface area (Å²) in [5, 5.41) is 1.08. The summed E-state index contributed by atoms with van der Waals surface area (Å²) in [6, 6.07) is 1.99. The second-order valence-electron chi connectivity index (χ2n) is 4.48. The summed E-state index contributed by atoms with van der Waals surface area (Å²) in [7, 11) is 0. The van der Waals surface area contributed by atoms with Crippen molar-refractivity contribution < 1.29 is 0 Å². The van der Waals surface area contributed by atoms with E-state index in [1.807, 2.05) is 6.07 Å². The SMILES string of the molecule is CC1CN(Cc2ccncc2Cl)CCC1Cl. The number of hydrogen-bond donors (Lipinski definition) is 0. The maximum absolute atomic E-state index is 6.20. The highest BCUT2D eigenvalue weighted by molar-refractivity contribution is 6.31. The van der Waals surface area contributed by atoms with E-state index < -0.39 is 0 Å². The highest BCUT2D eigenvalue weighted by atomic mass is 35.5. The van der Waals surface area contributed by atoms with Crippen molar-refractivity contribution >= 4 is 23.2 Å². The summed E-state index contributed by atoms with van der Waals surface area (Å²) in [6.07, 6.45) is 4.55. The average molecular weight is 259 g/mol. The lowest BCUT2D eigenvalue weighted by molar-refractivity contribution is 0.180. The topological polar surface area (TPSA) is 16.1 Å². The number of likely N-dealkylation sites (tertiary alicyclic amines) is 1. The Morgan fingerprint density at radius 1 is 1.56 bits per heavy atom. The molecule has 0 spiro atoms. The maximum Gasteiger partial charge on any atom is 0.0634 e. The molecule has 0 amide bonds. The highest BCUT2D eigenvalue weighted by Gasteiger charge is 2.24. The van der Waals surface area contributed by atoms with Crippen LogP contribution >= 0.6 is 23.2 Å². The molecule has 0 aliphatic carbocycles. The summed E-state index contributed by atoms with van der Waals surface area (Å²) in [5.41, 5.74) is 1.15. The number of halogens is 2. The standard InChI is InChI=1S/C12H16Cl2N2/c1-9-7-16(5-3-11(9)13)8-10-2-4-15-6-12(10)14/h2,4,6,9,11H,3,5,7-8H2,1H3. The molecule has 1 saturated heterocycles. The molecule has 0 N–H and O–H groups in total. The molecule has 1 aromatic heterocycles. The van der Waals surface area contributed by atoms with Gasteiger partial charge in [0.25, 0.3) is 0 Å². The Hall–Kier alpha value is -0.310. The molecular weight excluding hydrogens is 243 g/mol. The first-order valence-corrected chi connectivity index (χ1v) is 6.43. The zero-order valence-electron chi connectivity index (χ0n) is 9.37. The van der Waals surface area contributed by atoms with E-state index in [-0.39, 0.29) is 0 Å². The summed E-state index contributed by atoms with van der Waals surface area (Å²) in [4.78, 5) is 6.40. The normalized spacial score (nSPS) is 26.9. The second kappa shape index (κ2) is 5.35. The van der Waals surface area contributed by atoms with Gasteiger partial charge in [-0.15, -0.1) is 11.6 Å². The van der Waals surface area contributed by atoms with Crippen molar-refractivity contribution in [3.63, 3.8) is 0 Å². The lowest BCUT2D eigenvalue weighted by Gasteiger charge is -2.34. The van der Waals surface area contributed by atoms with E-state index >= 15 is 0 Å². The third-order valence-electron chi connectivity index (χ3n) is 3.14. The van der Waals surface area contributed by atoms with Gasteiger partial charge in [-0.05, 0) is 30.5 Å². The Labute approximate surface area is 107 Å². The van der Waals surface area contributed by atoms with E-state index in [2.05, 4.69) is 16.8 Å². The van der Waals surface area contributed by atoms with Crippen molar-refractivity contribution in [3.05, 3.63) is 29.0 Å². The maximum atomic E-state index is 6.20. The minimum Gasteiger partial charge on any atom is -0.299 e. The van der Waals surface area contributed by atoms with Crippen LogP contribution in [0.1, 0.15) is 18.9 Å². The molecule has 1 aromatic rings. The van der Waals surface area contributed by atoms with Gasteiger partial charge in [0.2, 0.25) is 0 Å². The Morgan fingerprint density at radius 3 is 3.06 bits per heavy atom. The molecule has 0 saturated carbocycles. The average Bonchev–Trinajstić information content (AvgIpc) is 2.27. The molecule has 0 aromatic carbocycles. The summed E-state index contributed by atoms with van der Waals surface area (Å²) >= 11 is 12.3. The molecule has 2 heterocycles. The van der Waals surface area contributed by atoms with E-state index in [1.165, 1.54) is 0 Å². The van der Waals surface area contributed by atoms with Crippen LogP contribution in [0.3, 0.4) is 0 Å². The molecule has 2 nitrogen and oxygen atoms in total. The van der Waals surface area contributed by atoms with Gasteiger partial charge in [-0.2, -0.15) is 0 Å². The third-order valence-corrected chi connectivity index (χ3v) is 4.12. The number of rotatable bonds is 2. The van der Waals surface area contributed by atoms with E-state index in [0.29, 0.717) is 11.3 Å². The molecule has 2 rings (SSSR count). The Bertz CT molecular complexity index is 357. The zero-order chi connectivity index (χ0) is 11.5. The number of pyridine rings is 1. The minimum absolute atomic E-state index is 0.323. The molecule has 88 valence electrons. The smallest absolute Gasteiger partial charge is 0.0634 e. The van der Waals surface area contributed by atoms with Gasteiger partial charge in [0.05, 0.1) is 5.02 Å². The van der Waals surface area contributed by atoms with Crippen LogP contribution in [-0.4, -0.2) is 28.4 Å². The minimum atomic E-state index is 0.323. The lowest BCUT2D eigenvalue weighted by atomic mass is 9.99. The molecule has 2 unspecified atom stereocenters. The van der Waals surface area contributed by atoms with Crippen molar-refractivity contribution in [1.29, 1.82) is 0 Å². The summed E-state index contributed by atoms with van der Waals surface area (Å²) < 4.78 is 0. The van der Waals surface area contributed by atoms with Gasteiger partial charge < -0.3 is 0 Å². The van der Waals surface area contributed by atoms with Gasteiger partial charge in [0, 0.05) is 30.9 Å². The van der Waals surface area contributed by atoms with E-state index in [0.717, 1.165) is 36.6 Å². The number of alkyl halides is 1. The van der Waals surface area contributed by atoms with Crippen LogP contribution in [0.15, 0.2) is 18.5 Å². The monoisotopic (exact) mass is 258 g/mol. The molecule has 1 fully saturated rings. The fourth-order valence-electron chi connectivity index (χ4n) is 2.12. The first kappa shape index (κ1) is 12.2. The van der Waals surface area contributed by atoms with Crippen LogP contribution in [0.2, 0.25) is 5.02 Å². The van der Waals surface area contributed by atoms with Crippen LogP contribution in [-0.2, 0) is 6.54 Å². The van der Waals surface area contributed by atoms with Gasteiger partial charge >= 0.3 is 0 Å². The van der Waals surface area contributed by atoms with Crippen molar-refractivity contribution in [2.45, 2.75) is 25.3 Å². The quantitative estimate of drug-likeness (QED) is 0.758. The third kappa shape index (κ3) is 2.88. The summed E-state index contributed by atoms with van der Waals surface area (Å²) in [5.74, 6) is 0.552. The van der Waals surface area contributed by atoms with E-state index in [9.17, 15) is 0 Å². The fourth-order valence-corrected chi connectivity index (χ4v) is 2.48. The fraction of sp³-hybridized carbons (Fsp3) is 0.583. The molecule has 2 atom stereocenters. The van der Waals surface area contributed by atoms with Crippen molar-refractivity contribution in [2.75, 3.05) is 13.1 Å². The van der Waals surface area contributed by atoms with Gasteiger partial charge in [0.15, 0.2) is 0 Å². The first-order chi connectivity index (χ1) is 7.66. The molecule has 0 bridgehead atoms. The van der Waals surface area contributed by atoms with Crippen LogP contribution < -0.4 is 0 Å². The van der Waals surface area contributed by atoms with Gasteiger partial charge in [0.1, 0.15) is 0 Å². The van der Waals surface area contributed by atoms with Crippen LogP contribution in [0.5, 0.6) is 0 Å². The van der Waals surface area contributed by atoms with Gasteiger partial charge in [-0.3, -0.25) is 9.88 Å². The number of aromatic nitrogens is 1. The Kier molecular flexibility index (Phi) is 4.06. The predicted octanol–water partition coefficient (Wildman–Crippen LogP) is 3.18. The van der Waals surface area contributed by atoms with Crippen molar-refractivity contribution in [2.24, 2.45) is 5.92 Å². The van der Waals surface area contributed by atoms with E-state index in [4.69, 9.17) is 23.2 Å². The first-order valence-electron chi connectivity index (χ1n) is 5.61. The molecule has 1 aliphatic rings. The molecule has 4 heteroatoms. The van der Waals surface area contributed by atoms with Crippen molar-refractivity contribution in [3.8, 4) is 0 Å². The number of nitrogens with zero attached hydrogens (tertiary/aromatic N) is 2. The molecule has 1 aliphatic heterocycles. The van der Waals surface area contributed by atoms with Crippen LogP contribution in [0.25, 0.3) is 0 Å². The molecular formula is C12H16Cl2N2. The van der Waals surface area contributed by atoms with Crippen LogP contribution in [0.4, 0.5) is 0 Å². The predicted molar refractivity (Wildman–Crippen MR) is 67.9 cm³/mol. The van der Waals surface area contributed by atoms with E-state index in [1.54, 1.807) is 12.4 Å². The van der Waals surface area contributed by atoms with Gasteiger partial charge in [-0.25, -0.2) is 0 Å². The molecule has 16 heavy (non-hydrogen) atoms. The largest absolute Gasteiger partial charge is 0.299 e.